The maximum absolute atomic E-state index is 14.6. The number of Topliss-reactive ketones (excluding diaryl/α,β-unsaturated/α-hetero) is 1. The Kier molecular flexibility index (Phi) is 21.6. The smallest absolute Gasteiger partial charge is 0.257 e. The molecule has 4 aliphatic rings. The van der Waals surface area contributed by atoms with Crippen molar-refractivity contribution >= 4 is 81.1 Å². The topological polar surface area (TPSA) is 229 Å². The number of halogens is 4. The Labute approximate surface area is 490 Å². The van der Waals surface area contributed by atoms with Crippen LogP contribution in [0.5, 0.6) is 5.75 Å². The first kappa shape index (κ1) is 62.0. The number of thioether (sulfide) groups is 1. The van der Waals surface area contributed by atoms with Gasteiger partial charge in [-0.3, -0.25) is 38.6 Å². The summed E-state index contributed by atoms with van der Waals surface area (Å²) < 4.78 is 48.3. The molecule has 5 N–H and O–H groups in total. The van der Waals surface area contributed by atoms with Crippen molar-refractivity contribution in [3.8, 4) is 5.75 Å². The molecule has 0 saturated carbocycles. The first-order valence-electron chi connectivity index (χ1n) is 28.5. The number of nitrogens with zero attached hydrogens (tertiary/aromatic N) is 6. The quantitative estimate of drug-likeness (QED) is 0.0313. The Bertz CT molecular complexity index is 3030. The standard InChI is InChI=1S/C60H72ClF3N10O8S/c1-36(66-3)56(78)70-53(60(81)74-26-10-11-47(74)58-69-46(35-83-58)54(77)39-14-18-42(62)19-15-39)38-24-27-71(28-25-38)49(75)12-8-6-4-5-7-9-13-50(76)72-29-31-73(32-30-72)59(80)40-16-20-43(21-17-40)68-57(79)41-33-48(55(65)67-34-41)82-37(2)51-45(63)23-22-44(61)52(51)64/h14-23,33-34,36-38,46-47,53,66H,4-13,24-32,35H2,1-3H3,(H2,65,67)(H,68,79)(H,70,78)/t36-,37-,46?,47-,53-/m1/s1. The number of ketones is 1. The molecule has 18 nitrogen and oxygen atoms in total. The van der Waals surface area contributed by atoms with Crippen molar-refractivity contribution in [3.05, 3.63) is 118 Å². The third-order valence-electron chi connectivity index (χ3n) is 16.0. The van der Waals surface area contributed by atoms with Crippen molar-refractivity contribution < 1.29 is 51.5 Å². The molecule has 3 fully saturated rings. The predicted octanol–water partition coefficient (Wildman–Crippen LogP) is 8.25. The van der Waals surface area contributed by atoms with Gasteiger partial charge < -0.3 is 46.0 Å². The number of anilines is 2. The van der Waals surface area contributed by atoms with Crippen molar-refractivity contribution in [1.82, 2.24) is 35.2 Å². The zero-order chi connectivity index (χ0) is 59.3. The zero-order valence-electron chi connectivity index (χ0n) is 47.0. The molecule has 1 unspecified atom stereocenters. The van der Waals surface area contributed by atoms with Crippen LogP contribution >= 0.6 is 23.4 Å². The van der Waals surface area contributed by atoms with Gasteiger partial charge >= 0.3 is 0 Å². The maximum atomic E-state index is 14.6. The van der Waals surface area contributed by atoms with Gasteiger partial charge in [0.1, 0.15) is 29.8 Å². The molecule has 4 aromatic rings. The Morgan fingerprint density at radius 1 is 0.759 bits per heavy atom. The molecule has 6 amide bonds. The molecule has 4 aliphatic heterocycles. The summed E-state index contributed by atoms with van der Waals surface area (Å²) in [7, 11) is 1.69. The molecular formula is C60H72ClF3N10O8S. The fourth-order valence-electron chi connectivity index (χ4n) is 10.9. The van der Waals surface area contributed by atoms with E-state index in [1.807, 2.05) is 4.90 Å². The second-order valence-corrected chi connectivity index (χ2v) is 23.0. The van der Waals surface area contributed by atoms with E-state index in [4.69, 9.17) is 27.1 Å². The normalized spacial score (nSPS) is 18.5. The van der Waals surface area contributed by atoms with Gasteiger partial charge in [0.25, 0.3) is 11.8 Å². The van der Waals surface area contributed by atoms with Gasteiger partial charge in [-0.1, -0.05) is 37.3 Å². The second kappa shape index (κ2) is 29.0. The lowest BCUT2D eigenvalue weighted by Crippen LogP contribution is -2.58. The highest BCUT2D eigenvalue weighted by Crippen LogP contribution is 2.34. The largest absolute Gasteiger partial charge is 0.482 e. The fraction of sp³-hybridized carbons (Fsp3) is 0.483. The van der Waals surface area contributed by atoms with Gasteiger partial charge in [-0.2, -0.15) is 0 Å². The Morgan fingerprint density at radius 3 is 2.02 bits per heavy atom. The zero-order valence-corrected chi connectivity index (χ0v) is 48.6. The minimum absolute atomic E-state index is 0.0525. The number of likely N-dealkylation sites (N-methyl/N-ethyl adjacent to an activating group) is 1. The van der Waals surface area contributed by atoms with Crippen LogP contribution < -0.4 is 26.4 Å². The highest BCUT2D eigenvalue weighted by molar-refractivity contribution is 8.14. The number of piperidine rings is 1. The number of rotatable bonds is 23. The Morgan fingerprint density at radius 2 is 1.37 bits per heavy atom. The number of amides is 6. The number of ether oxygens (including phenoxy) is 1. The average Bonchev–Trinajstić information content (AvgIpc) is 4.44. The van der Waals surface area contributed by atoms with Gasteiger partial charge in [0.05, 0.1) is 33.3 Å². The summed E-state index contributed by atoms with van der Waals surface area (Å²) in [4.78, 5) is 110. The number of hydrogen-bond donors (Lipinski definition) is 4. The van der Waals surface area contributed by atoms with Crippen LogP contribution in [0.3, 0.4) is 0 Å². The summed E-state index contributed by atoms with van der Waals surface area (Å²) >= 11 is 7.31. The Balaban J connectivity index is 0.701. The summed E-state index contributed by atoms with van der Waals surface area (Å²) in [6.45, 7) is 6.21. The van der Waals surface area contributed by atoms with Crippen molar-refractivity contribution in [2.24, 2.45) is 10.9 Å². The molecule has 1 aromatic heterocycles. The second-order valence-electron chi connectivity index (χ2n) is 21.5. The molecule has 0 bridgehead atoms. The SMILES string of the molecule is CN[C@H](C)C(=O)N[C@@H](C(=O)N1CCC[C@@H]1C1=NC(C(=O)c2ccc(F)cc2)CS1)C1CCN(C(=O)CCCCCCCCC(=O)N2CCN(C(=O)c3ccc(NC(=O)c4cnc(N)c(O[C@H](C)c5c(F)ccc(Cl)c5F)c4)cc3)CC2)CC1. The number of piperazine rings is 1. The first-order chi connectivity index (χ1) is 39.9. The molecule has 8 rings (SSSR count). The minimum Gasteiger partial charge on any atom is -0.482 e. The lowest BCUT2D eigenvalue weighted by atomic mass is 9.87. The van der Waals surface area contributed by atoms with Crippen LogP contribution in [0.4, 0.5) is 24.7 Å². The van der Waals surface area contributed by atoms with Crippen LogP contribution in [0.25, 0.3) is 0 Å². The van der Waals surface area contributed by atoms with Gasteiger partial charge in [0, 0.05) is 87.4 Å². The fourth-order valence-corrected chi connectivity index (χ4v) is 12.3. The molecular weight excluding hydrogens is 1110 g/mol. The van der Waals surface area contributed by atoms with Crippen LogP contribution in [0, 0.1) is 23.4 Å². The van der Waals surface area contributed by atoms with E-state index in [0.717, 1.165) is 62.1 Å². The number of benzene rings is 3. The maximum Gasteiger partial charge on any atom is 0.257 e. The van der Waals surface area contributed by atoms with Crippen LogP contribution in [0.2, 0.25) is 5.02 Å². The number of carbonyl (C=O) groups is 7. The molecule has 3 aromatic carbocycles. The van der Waals surface area contributed by atoms with Gasteiger partial charge in [-0.05, 0) is 132 Å². The Hall–Kier alpha value is -7.04. The van der Waals surface area contributed by atoms with E-state index in [1.54, 1.807) is 52.9 Å². The van der Waals surface area contributed by atoms with Gasteiger partial charge in [0.2, 0.25) is 23.6 Å². The number of nitrogen functional groups attached to an aromatic ring is 1. The highest BCUT2D eigenvalue weighted by Gasteiger charge is 2.43. The number of carbonyl (C=O) groups excluding carboxylic acids is 7. The summed E-state index contributed by atoms with van der Waals surface area (Å²) in [5.41, 5.74) is 6.80. The molecule has 23 heteroatoms. The van der Waals surface area contributed by atoms with Crippen LogP contribution in [-0.2, 0) is 19.2 Å². The van der Waals surface area contributed by atoms with E-state index in [-0.39, 0.29) is 69.4 Å². The van der Waals surface area contributed by atoms with Crippen molar-refractivity contribution in [1.29, 1.82) is 0 Å². The van der Waals surface area contributed by atoms with Crippen molar-refractivity contribution in [2.75, 3.05) is 69.7 Å². The number of hydrogen-bond acceptors (Lipinski definition) is 13. The summed E-state index contributed by atoms with van der Waals surface area (Å²) in [6.07, 6.45) is 8.62. The predicted molar refractivity (Wildman–Crippen MR) is 312 cm³/mol. The van der Waals surface area contributed by atoms with E-state index in [9.17, 15) is 46.7 Å². The number of nitrogens with two attached hydrogens (primary N) is 1. The molecule has 5 atom stereocenters. The summed E-state index contributed by atoms with van der Waals surface area (Å²) in [6, 6.07) is 13.0. The number of nitrogens with one attached hydrogen (secondary N) is 3. The third kappa shape index (κ3) is 15.8. The van der Waals surface area contributed by atoms with E-state index in [1.165, 1.54) is 55.2 Å². The summed E-state index contributed by atoms with van der Waals surface area (Å²) in [5.74, 6) is -3.47. The molecule has 0 radical (unpaired) electrons. The van der Waals surface area contributed by atoms with E-state index in [0.29, 0.717) is 100 Å². The third-order valence-corrected chi connectivity index (χ3v) is 17.4. The number of likely N-dealkylation sites (tertiary alicyclic amines) is 2. The molecule has 3 saturated heterocycles. The molecule has 444 valence electrons. The first-order valence-corrected chi connectivity index (χ1v) is 29.9. The lowest BCUT2D eigenvalue weighted by molar-refractivity contribution is -0.139. The van der Waals surface area contributed by atoms with E-state index < -0.39 is 53.2 Å². The monoisotopic (exact) mass is 1180 g/mol. The molecule has 5 heterocycles. The summed E-state index contributed by atoms with van der Waals surface area (Å²) in [5, 5.41) is 9.18. The van der Waals surface area contributed by atoms with Crippen LogP contribution in [-0.4, -0.2) is 154 Å². The molecule has 0 aliphatic carbocycles. The minimum atomic E-state index is -1.16. The van der Waals surface area contributed by atoms with Gasteiger partial charge in [-0.25, -0.2) is 18.2 Å². The van der Waals surface area contributed by atoms with Gasteiger partial charge in [0.15, 0.2) is 23.2 Å². The van der Waals surface area contributed by atoms with Crippen molar-refractivity contribution in [2.45, 2.75) is 121 Å². The number of unbranched alkanes of at least 4 members (excludes halogenated alkanes) is 5. The van der Waals surface area contributed by atoms with Crippen LogP contribution in [0.15, 0.2) is 77.9 Å². The van der Waals surface area contributed by atoms with Crippen LogP contribution in [0.1, 0.15) is 134 Å². The highest BCUT2D eigenvalue weighted by atomic mass is 35.5. The average molecular weight is 1190 g/mol. The van der Waals surface area contributed by atoms with E-state index in [2.05, 4.69) is 20.9 Å². The molecule has 83 heavy (non-hydrogen) atoms. The number of aliphatic imine (C=N–C) groups is 1. The van der Waals surface area contributed by atoms with Gasteiger partial charge in [-0.15, -0.1) is 11.8 Å². The number of aromatic nitrogens is 1. The van der Waals surface area contributed by atoms with Crippen molar-refractivity contribution in [3.63, 3.8) is 0 Å². The number of pyridine rings is 1. The molecule has 0 spiro atoms. The lowest BCUT2D eigenvalue weighted by Gasteiger charge is -2.38. The van der Waals surface area contributed by atoms with E-state index >= 15 is 0 Å².